The molecule has 0 aliphatic rings. The van der Waals surface area contributed by atoms with E-state index in [2.05, 4.69) is 9.97 Å². The maximum absolute atomic E-state index is 12.2. The Kier molecular flexibility index (Phi) is 5.43. The molecule has 152 valence electrons. The van der Waals surface area contributed by atoms with Crippen molar-refractivity contribution in [1.29, 1.82) is 0 Å². The SMILES string of the molecule is Cc1ccc(-c2cnc(CCC(=O)OCc3cc(=O)n4cc(C)ccc4n3)o2)cc1. The summed E-state index contributed by atoms with van der Waals surface area (Å²) in [7, 11) is 0. The van der Waals surface area contributed by atoms with Crippen LogP contribution >= 0.6 is 0 Å². The van der Waals surface area contributed by atoms with Crippen LogP contribution in [0.1, 0.15) is 29.1 Å². The summed E-state index contributed by atoms with van der Waals surface area (Å²) in [6.45, 7) is 3.87. The molecular formula is C23H21N3O4. The number of ether oxygens (including phenoxy) is 1. The molecule has 0 aliphatic heterocycles. The minimum atomic E-state index is -0.406. The summed E-state index contributed by atoms with van der Waals surface area (Å²) in [4.78, 5) is 32.9. The molecule has 30 heavy (non-hydrogen) atoms. The fraction of sp³-hybridized carbons (Fsp3) is 0.217. The topological polar surface area (TPSA) is 86.7 Å². The van der Waals surface area contributed by atoms with Crippen molar-refractivity contribution in [3.63, 3.8) is 0 Å². The lowest BCUT2D eigenvalue weighted by atomic mass is 10.1. The number of carbonyl (C=O) groups is 1. The van der Waals surface area contributed by atoms with E-state index in [1.807, 2.05) is 44.2 Å². The molecule has 7 nitrogen and oxygen atoms in total. The van der Waals surface area contributed by atoms with Gasteiger partial charge in [-0.3, -0.25) is 14.0 Å². The van der Waals surface area contributed by atoms with Crippen molar-refractivity contribution < 1.29 is 13.9 Å². The fourth-order valence-electron chi connectivity index (χ4n) is 3.04. The van der Waals surface area contributed by atoms with E-state index in [0.717, 1.165) is 11.1 Å². The van der Waals surface area contributed by atoms with E-state index in [1.165, 1.54) is 16.0 Å². The molecule has 0 saturated carbocycles. The summed E-state index contributed by atoms with van der Waals surface area (Å²) in [5.74, 6) is 0.727. The Hall–Kier alpha value is -3.74. The van der Waals surface area contributed by atoms with E-state index in [1.54, 1.807) is 18.5 Å². The zero-order valence-electron chi connectivity index (χ0n) is 16.8. The third-order valence-corrected chi connectivity index (χ3v) is 4.67. The Balaban J connectivity index is 1.33. The molecule has 0 aliphatic carbocycles. The predicted octanol–water partition coefficient (Wildman–Crippen LogP) is 3.64. The maximum Gasteiger partial charge on any atom is 0.306 e. The van der Waals surface area contributed by atoms with Gasteiger partial charge in [-0.25, -0.2) is 9.97 Å². The first-order valence-electron chi connectivity index (χ1n) is 9.64. The molecule has 0 radical (unpaired) electrons. The highest BCUT2D eigenvalue weighted by molar-refractivity contribution is 5.69. The normalized spacial score (nSPS) is 11.0. The Labute approximate surface area is 173 Å². The molecule has 3 aromatic heterocycles. The standard InChI is InChI=1S/C23H21N3O4/c1-15-3-6-17(7-4-15)19-12-24-21(30-19)9-10-23(28)29-14-18-11-22(27)26-13-16(2)5-8-20(26)25-18/h3-8,11-13H,9-10,14H2,1-2H3. The van der Waals surface area contributed by atoms with Gasteiger partial charge >= 0.3 is 5.97 Å². The van der Waals surface area contributed by atoms with Crippen molar-refractivity contribution in [2.45, 2.75) is 33.3 Å². The molecule has 1 aromatic carbocycles. The van der Waals surface area contributed by atoms with Crippen LogP contribution in [0.4, 0.5) is 0 Å². The number of carbonyl (C=O) groups excluding carboxylic acids is 1. The molecule has 4 rings (SSSR count). The smallest absolute Gasteiger partial charge is 0.306 e. The average molecular weight is 403 g/mol. The summed E-state index contributed by atoms with van der Waals surface area (Å²) in [6, 6.07) is 12.9. The summed E-state index contributed by atoms with van der Waals surface area (Å²) < 4.78 is 12.5. The van der Waals surface area contributed by atoms with Gasteiger partial charge in [-0.05, 0) is 25.5 Å². The van der Waals surface area contributed by atoms with Crippen LogP contribution in [-0.4, -0.2) is 20.3 Å². The van der Waals surface area contributed by atoms with Crippen molar-refractivity contribution in [2.75, 3.05) is 0 Å². The average Bonchev–Trinajstić information content (AvgIpc) is 3.21. The van der Waals surface area contributed by atoms with Crippen LogP contribution in [0.2, 0.25) is 0 Å². The molecule has 0 unspecified atom stereocenters. The highest BCUT2D eigenvalue weighted by Gasteiger charge is 2.11. The molecule has 0 saturated heterocycles. The maximum atomic E-state index is 12.2. The highest BCUT2D eigenvalue weighted by atomic mass is 16.5. The molecule has 3 heterocycles. The quantitative estimate of drug-likeness (QED) is 0.457. The van der Waals surface area contributed by atoms with Gasteiger partial charge in [0.2, 0.25) is 0 Å². The van der Waals surface area contributed by atoms with Crippen molar-refractivity contribution in [2.24, 2.45) is 0 Å². The second-order valence-electron chi connectivity index (χ2n) is 7.17. The monoisotopic (exact) mass is 403 g/mol. The number of pyridine rings is 1. The van der Waals surface area contributed by atoms with E-state index >= 15 is 0 Å². The Morgan fingerprint density at radius 1 is 1.10 bits per heavy atom. The summed E-state index contributed by atoms with van der Waals surface area (Å²) in [5, 5.41) is 0. The van der Waals surface area contributed by atoms with Gasteiger partial charge in [0.15, 0.2) is 11.7 Å². The third-order valence-electron chi connectivity index (χ3n) is 4.67. The Bertz CT molecular complexity index is 1260. The van der Waals surface area contributed by atoms with E-state index in [9.17, 15) is 9.59 Å². The van der Waals surface area contributed by atoms with Crippen molar-refractivity contribution >= 4 is 11.6 Å². The van der Waals surface area contributed by atoms with Gasteiger partial charge in [0.25, 0.3) is 5.56 Å². The molecular weight excluding hydrogens is 382 g/mol. The lowest BCUT2D eigenvalue weighted by Crippen LogP contribution is -2.17. The van der Waals surface area contributed by atoms with Crippen LogP contribution in [-0.2, 0) is 22.6 Å². The molecule has 0 spiro atoms. The second-order valence-corrected chi connectivity index (χ2v) is 7.17. The van der Waals surface area contributed by atoms with Crippen molar-refractivity contribution in [3.05, 3.63) is 87.9 Å². The number of hydrogen-bond acceptors (Lipinski definition) is 6. The number of hydrogen-bond donors (Lipinski definition) is 0. The van der Waals surface area contributed by atoms with E-state index in [4.69, 9.17) is 9.15 Å². The van der Waals surface area contributed by atoms with Crippen LogP contribution < -0.4 is 5.56 Å². The van der Waals surface area contributed by atoms with Gasteiger partial charge in [-0.1, -0.05) is 35.9 Å². The lowest BCUT2D eigenvalue weighted by Gasteiger charge is -2.06. The first kappa shape index (κ1) is 19.6. The number of oxazole rings is 1. The van der Waals surface area contributed by atoms with Gasteiger partial charge < -0.3 is 9.15 Å². The van der Waals surface area contributed by atoms with Crippen LogP contribution in [0.15, 0.2) is 64.1 Å². The Morgan fingerprint density at radius 2 is 1.87 bits per heavy atom. The van der Waals surface area contributed by atoms with Crippen molar-refractivity contribution in [3.8, 4) is 11.3 Å². The summed E-state index contributed by atoms with van der Waals surface area (Å²) in [6.07, 6.45) is 3.83. The lowest BCUT2D eigenvalue weighted by molar-refractivity contribution is -0.145. The molecule has 0 fully saturated rings. The molecule has 4 aromatic rings. The zero-order valence-corrected chi connectivity index (χ0v) is 16.8. The molecule has 0 bridgehead atoms. The molecule has 0 amide bonds. The van der Waals surface area contributed by atoms with Crippen LogP contribution in [0.25, 0.3) is 17.0 Å². The van der Waals surface area contributed by atoms with E-state index < -0.39 is 5.97 Å². The van der Waals surface area contributed by atoms with Crippen LogP contribution in [0.5, 0.6) is 0 Å². The number of rotatable bonds is 6. The zero-order chi connectivity index (χ0) is 21.1. The van der Waals surface area contributed by atoms with Gasteiger partial charge in [0, 0.05) is 24.2 Å². The van der Waals surface area contributed by atoms with Gasteiger partial charge in [-0.2, -0.15) is 0 Å². The van der Waals surface area contributed by atoms with Gasteiger partial charge in [0.1, 0.15) is 12.3 Å². The molecule has 7 heteroatoms. The number of aryl methyl sites for hydroxylation is 3. The predicted molar refractivity (Wildman–Crippen MR) is 111 cm³/mol. The number of benzene rings is 1. The fourth-order valence-corrected chi connectivity index (χ4v) is 3.04. The highest BCUT2D eigenvalue weighted by Crippen LogP contribution is 2.21. The summed E-state index contributed by atoms with van der Waals surface area (Å²) in [5.41, 5.74) is 3.78. The summed E-state index contributed by atoms with van der Waals surface area (Å²) >= 11 is 0. The van der Waals surface area contributed by atoms with E-state index in [-0.39, 0.29) is 18.6 Å². The third kappa shape index (κ3) is 4.46. The number of esters is 1. The number of aromatic nitrogens is 3. The number of fused-ring (bicyclic) bond motifs is 1. The molecule has 0 atom stereocenters. The number of nitrogens with zero attached hydrogens (tertiary/aromatic N) is 3. The van der Waals surface area contributed by atoms with Crippen LogP contribution in [0, 0.1) is 13.8 Å². The second kappa shape index (κ2) is 8.32. The first-order chi connectivity index (χ1) is 14.5. The molecule has 0 N–H and O–H groups in total. The van der Waals surface area contributed by atoms with Gasteiger partial charge in [-0.15, -0.1) is 0 Å². The minimum Gasteiger partial charge on any atom is -0.459 e. The largest absolute Gasteiger partial charge is 0.459 e. The Morgan fingerprint density at radius 3 is 2.67 bits per heavy atom. The van der Waals surface area contributed by atoms with Crippen molar-refractivity contribution in [1.82, 2.24) is 14.4 Å². The minimum absolute atomic E-state index is 0.0569. The van der Waals surface area contributed by atoms with Gasteiger partial charge in [0.05, 0.1) is 18.3 Å². The van der Waals surface area contributed by atoms with Crippen LogP contribution in [0.3, 0.4) is 0 Å². The van der Waals surface area contributed by atoms with E-state index in [0.29, 0.717) is 29.4 Å². The first-order valence-corrected chi connectivity index (χ1v) is 9.64.